The number of nitrogens with zero attached hydrogens (tertiary/aromatic N) is 1. The highest BCUT2D eigenvalue weighted by molar-refractivity contribution is 7.80. The average molecular weight is 266 g/mol. The zero-order valence-corrected chi connectivity index (χ0v) is 11.1. The van der Waals surface area contributed by atoms with Crippen molar-refractivity contribution in [2.24, 2.45) is 11.1 Å². The normalized spacial score (nSPS) is 16.9. The van der Waals surface area contributed by atoms with Gasteiger partial charge in [-0.3, -0.25) is 4.79 Å². The van der Waals surface area contributed by atoms with Crippen LogP contribution < -0.4 is 11.1 Å². The minimum atomic E-state index is -0.569. The number of hydrogen-bond donors (Lipinski definition) is 3. The molecule has 0 spiro atoms. The number of carbonyl (C=O) groups is 1. The van der Waals surface area contributed by atoms with E-state index in [0.717, 1.165) is 37.9 Å². The zero-order valence-electron chi connectivity index (χ0n) is 10.2. The van der Waals surface area contributed by atoms with E-state index in [1.54, 1.807) is 12.4 Å². The van der Waals surface area contributed by atoms with Crippen LogP contribution in [0.25, 0.3) is 0 Å². The van der Waals surface area contributed by atoms with E-state index in [0.29, 0.717) is 11.5 Å². The maximum absolute atomic E-state index is 12.0. The summed E-state index contributed by atoms with van der Waals surface area (Å²) in [6.45, 7) is 0.629. The topological polar surface area (TPSA) is 83.8 Å². The van der Waals surface area contributed by atoms with Crippen LogP contribution >= 0.6 is 12.2 Å². The number of H-pyrrole nitrogens is 1. The second-order valence-corrected chi connectivity index (χ2v) is 5.14. The second kappa shape index (κ2) is 5.48. The summed E-state index contributed by atoms with van der Waals surface area (Å²) in [5, 5.41) is 2.92. The van der Waals surface area contributed by atoms with Crippen molar-refractivity contribution in [3.63, 3.8) is 0 Å². The van der Waals surface area contributed by atoms with Gasteiger partial charge in [-0.15, -0.1) is 0 Å². The zero-order chi connectivity index (χ0) is 13.0. The summed E-state index contributed by atoms with van der Waals surface area (Å²) in [5.74, 6) is 0.928. The molecule has 1 aromatic heterocycles. The van der Waals surface area contributed by atoms with Crippen LogP contribution in [0.1, 0.15) is 31.5 Å². The minimum Gasteiger partial charge on any atom is -0.392 e. The van der Waals surface area contributed by atoms with E-state index in [4.69, 9.17) is 18.0 Å². The molecule has 1 aliphatic carbocycles. The minimum absolute atomic E-state index is 0.0132. The van der Waals surface area contributed by atoms with Gasteiger partial charge < -0.3 is 16.0 Å². The van der Waals surface area contributed by atoms with Crippen molar-refractivity contribution in [3.05, 3.63) is 18.2 Å². The lowest BCUT2D eigenvalue weighted by atomic mass is 9.68. The van der Waals surface area contributed by atoms with Gasteiger partial charge in [0.15, 0.2) is 0 Å². The molecule has 98 valence electrons. The highest BCUT2D eigenvalue weighted by atomic mass is 32.1. The van der Waals surface area contributed by atoms with E-state index in [1.165, 1.54) is 0 Å². The Kier molecular flexibility index (Phi) is 3.96. The first-order chi connectivity index (χ1) is 8.65. The predicted molar refractivity (Wildman–Crippen MR) is 73.0 cm³/mol. The smallest absolute Gasteiger partial charge is 0.233 e. The Morgan fingerprint density at radius 3 is 2.89 bits per heavy atom. The Hall–Kier alpha value is -1.43. The van der Waals surface area contributed by atoms with Crippen LogP contribution in [-0.2, 0) is 11.2 Å². The number of hydrogen-bond acceptors (Lipinski definition) is 3. The number of amides is 1. The number of carbonyl (C=O) groups excluding carboxylic acids is 1. The average Bonchev–Trinajstić information content (AvgIpc) is 2.75. The van der Waals surface area contributed by atoms with Crippen molar-refractivity contribution >= 4 is 23.1 Å². The Bertz CT molecular complexity index is 425. The SMILES string of the molecule is NC(=S)C1(C(=O)NCCCc2ncc[nH]2)CCC1. The highest BCUT2D eigenvalue weighted by Crippen LogP contribution is 2.41. The molecule has 4 N–H and O–H groups in total. The van der Waals surface area contributed by atoms with Gasteiger partial charge in [-0.1, -0.05) is 18.6 Å². The van der Waals surface area contributed by atoms with E-state index in [9.17, 15) is 4.79 Å². The fraction of sp³-hybridized carbons (Fsp3) is 0.583. The van der Waals surface area contributed by atoms with Crippen molar-refractivity contribution in [2.75, 3.05) is 6.54 Å². The summed E-state index contributed by atoms with van der Waals surface area (Å²) in [6, 6.07) is 0. The molecule has 0 aromatic carbocycles. The van der Waals surface area contributed by atoms with E-state index >= 15 is 0 Å². The van der Waals surface area contributed by atoms with Gasteiger partial charge in [0.1, 0.15) is 5.82 Å². The van der Waals surface area contributed by atoms with Crippen LogP contribution in [0.4, 0.5) is 0 Å². The van der Waals surface area contributed by atoms with Crippen LogP contribution in [0.5, 0.6) is 0 Å². The fourth-order valence-electron chi connectivity index (χ4n) is 2.18. The number of nitrogens with one attached hydrogen (secondary N) is 2. The van der Waals surface area contributed by atoms with Crippen LogP contribution in [-0.4, -0.2) is 27.4 Å². The van der Waals surface area contributed by atoms with Crippen molar-refractivity contribution in [3.8, 4) is 0 Å². The molecule has 0 saturated heterocycles. The molecule has 6 heteroatoms. The first kappa shape index (κ1) is 13.0. The number of imidazole rings is 1. The van der Waals surface area contributed by atoms with E-state index in [1.807, 2.05) is 0 Å². The standard InChI is InChI=1S/C12H18N4OS/c13-10(18)12(4-2-5-12)11(17)16-6-1-3-9-14-7-8-15-9/h7-8H,1-6H2,(H2,13,18)(H,14,15)(H,16,17). The molecule has 2 rings (SSSR count). The molecule has 0 radical (unpaired) electrons. The van der Waals surface area contributed by atoms with Gasteiger partial charge in [-0.2, -0.15) is 0 Å². The molecule has 0 bridgehead atoms. The summed E-state index contributed by atoms with van der Waals surface area (Å²) >= 11 is 5.00. The molecule has 0 unspecified atom stereocenters. The van der Waals surface area contributed by atoms with Crippen LogP contribution in [0.3, 0.4) is 0 Å². The number of nitrogens with two attached hydrogens (primary N) is 1. The van der Waals surface area contributed by atoms with Gasteiger partial charge in [0.2, 0.25) is 5.91 Å². The van der Waals surface area contributed by atoms with Crippen molar-refractivity contribution in [1.82, 2.24) is 15.3 Å². The molecule has 0 atom stereocenters. The molecule has 1 amide bonds. The molecule has 0 aliphatic heterocycles. The first-order valence-electron chi connectivity index (χ1n) is 6.21. The molecule has 1 heterocycles. The Morgan fingerprint density at radius 2 is 2.39 bits per heavy atom. The Balaban J connectivity index is 1.73. The molecular weight excluding hydrogens is 248 g/mol. The van der Waals surface area contributed by atoms with Gasteiger partial charge >= 0.3 is 0 Å². The monoisotopic (exact) mass is 266 g/mol. The Morgan fingerprint density at radius 1 is 1.61 bits per heavy atom. The molecule has 1 aliphatic rings. The van der Waals surface area contributed by atoms with Gasteiger partial charge in [0, 0.05) is 25.4 Å². The lowest BCUT2D eigenvalue weighted by Gasteiger charge is -2.39. The van der Waals surface area contributed by atoms with Crippen molar-refractivity contribution < 1.29 is 4.79 Å². The van der Waals surface area contributed by atoms with E-state index < -0.39 is 5.41 Å². The highest BCUT2D eigenvalue weighted by Gasteiger charge is 2.46. The van der Waals surface area contributed by atoms with Gasteiger partial charge in [0.05, 0.1) is 10.4 Å². The lowest BCUT2D eigenvalue weighted by Crippen LogP contribution is -2.53. The number of aryl methyl sites for hydroxylation is 1. The summed E-state index contributed by atoms with van der Waals surface area (Å²) in [6.07, 6.45) is 7.80. The quantitative estimate of drug-likeness (QED) is 0.528. The van der Waals surface area contributed by atoms with Crippen LogP contribution in [0.2, 0.25) is 0 Å². The Labute approximate surface area is 112 Å². The van der Waals surface area contributed by atoms with E-state index in [-0.39, 0.29) is 5.91 Å². The summed E-state index contributed by atoms with van der Waals surface area (Å²) in [5.41, 5.74) is 5.10. The maximum atomic E-state index is 12.0. The summed E-state index contributed by atoms with van der Waals surface area (Å²) in [7, 11) is 0. The fourth-order valence-corrected chi connectivity index (χ4v) is 2.47. The van der Waals surface area contributed by atoms with Crippen LogP contribution in [0.15, 0.2) is 12.4 Å². The van der Waals surface area contributed by atoms with Gasteiger partial charge in [-0.25, -0.2) is 4.98 Å². The number of rotatable bonds is 6. The van der Waals surface area contributed by atoms with Crippen molar-refractivity contribution in [2.45, 2.75) is 32.1 Å². The molecule has 1 saturated carbocycles. The van der Waals surface area contributed by atoms with Crippen molar-refractivity contribution in [1.29, 1.82) is 0 Å². The van der Waals surface area contributed by atoms with Gasteiger partial charge in [-0.05, 0) is 19.3 Å². The predicted octanol–water partition coefficient (Wildman–Crippen LogP) is 0.915. The lowest BCUT2D eigenvalue weighted by molar-refractivity contribution is -0.130. The summed E-state index contributed by atoms with van der Waals surface area (Å²) < 4.78 is 0. The molecule has 5 nitrogen and oxygen atoms in total. The van der Waals surface area contributed by atoms with Gasteiger partial charge in [0.25, 0.3) is 0 Å². The molecule has 1 aromatic rings. The largest absolute Gasteiger partial charge is 0.392 e. The third-order valence-electron chi connectivity index (χ3n) is 3.54. The number of aromatic amines is 1. The first-order valence-corrected chi connectivity index (χ1v) is 6.62. The van der Waals surface area contributed by atoms with E-state index in [2.05, 4.69) is 15.3 Å². The number of thiocarbonyl (C=S) groups is 1. The van der Waals surface area contributed by atoms with Crippen LogP contribution in [0, 0.1) is 5.41 Å². The molecule has 18 heavy (non-hydrogen) atoms. The molecule has 1 fully saturated rings. The third kappa shape index (κ3) is 2.53. The maximum Gasteiger partial charge on any atom is 0.233 e. The third-order valence-corrected chi connectivity index (χ3v) is 3.93. The number of aromatic nitrogens is 2. The summed E-state index contributed by atoms with van der Waals surface area (Å²) in [4.78, 5) is 19.5. The molecular formula is C12H18N4OS. The second-order valence-electron chi connectivity index (χ2n) is 4.70.